The van der Waals surface area contributed by atoms with Crippen molar-refractivity contribution in [2.75, 3.05) is 19.7 Å². The molecule has 1 aromatic heterocycles. The van der Waals surface area contributed by atoms with Crippen LogP contribution in [0, 0.1) is 0 Å². The van der Waals surface area contributed by atoms with E-state index in [2.05, 4.69) is 4.98 Å². The van der Waals surface area contributed by atoms with Crippen molar-refractivity contribution < 1.29 is 22.7 Å². The number of thiazole rings is 1. The summed E-state index contributed by atoms with van der Waals surface area (Å²) in [5, 5.41) is -0.905. The van der Waals surface area contributed by atoms with Crippen molar-refractivity contribution in [3.63, 3.8) is 0 Å². The zero-order valence-corrected chi connectivity index (χ0v) is 14.9. The minimum atomic E-state index is -4.49. The molecule has 0 bridgehead atoms. The normalized spacial score (nSPS) is 18.0. The summed E-state index contributed by atoms with van der Waals surface area (Å²) < 4.78 is 44.6. The Morgan fingerprint density at radius 1 is 1.19 bits per heavy atom. The summed E-state index contributed by atoms with van der Waals surface area (Å²) in [6, 6.07) is 14.1. The molecule has 140 valence electrons. The molecule has 0 saturated carbocycles. The van der Waals surface area contributed by atoms with Crippen LogP contribution in [-0.2, 0) is 10.9 Å². The number of carbonyl (C=O) groups is 1. The van der Waals surface area contributed by atoms with Crippen molar-refractivity contribution in [1.29, 1.82) is 0 Å². The third kappa shape index (κ3) is 3.68. The van der Waals surface area contributed by atoms with Gasteiger partial charge in [0.15, 0.2) is 5.01 Å². The van der Waals surface area contributed by atoms with Gasteiger partial charge in [0, 0.05) is 12.1 Å². The van der Waals surface area contributed by atoms with Gasteiger partial charge in [-0.05, 0) is 23.8 Å². The second-order valence-electron chi connectivity index (χ2n) is 6.22. The molecule has 4 rings (SSSR count). The zero-order valence-electron chi connectivity index (χ0n) is 14.1. The summed E-state index contributed by atoms with van der Waals surface area (Å²) >= 11 is 0.548. The molecule has 0 radical (unpaired) electrons. The number of aromatic nitrogens is 1. The van der Waals surface area contributed by atoms with Crippen LogP contribution < -0.4 is 0 Å². The van der Waals surface area contributed by atoms with Gasteiger partial charge >= 0.3 is 6.18 Å². The Balaban J connectivity index is 1.56. The Hall–Kier alpha value is -2.45. The third-order valence-electron chi connectivity index (χ3n) is 4.40. The summed E-state index contributed by atoms with van der Waals surface area (Å²) in [5.74, 6) is -0.219. The fourth-order valence-electron chi connectivity index (χ4n) is 3.06. The summed E-state index contributed by atoms with van der Waals surface area (Å²) in [4.78, 5) is 18.1. The van der Waals surface area contributed by atoms with Crippen molar-refractivity contribution in [2.45, 2.75) is 12.3 Å². The predicted octanol–water partition coefficient (Wildman–Crippen LogP) is 4.53. The molecule has 1 saturated heterocycles. The Kier molecular flexibility index (Phi) is 4.61. The van der Waals surface area contributed by atoms with E-state index in [-0.39, 0.29) is 17.5 Å². The molecule has 3 aromatic rings. The van der Waals surface area contributed by atoms with Crippen molar-refractivity contribution in [2.24, 2.45) is 0 Å². The number of nitrogens with zero attached hydrogens (tertiary/aromatic N) is 2. The molecule has 1 aliphatic rings. The van der Waals surface area contributed by atoms with E-state index in [1.54, 1.807) is 4.90 Å². The maximum absolute atomic E-state index is 12.9. The van der Waals surface area contributed by atoms with Gasteiger partial charge in [-0.3, -0.25) is 4.79 Å². The van der Waals surface area contributed by atoms with E-state index in [1.165, 1.54) is 18.2 Å². The fraction of sp³-hybridized carbons (Fsp3) is 0.263. The van der Waals surface area contributed by atoms with E-state index in [9.17, 15) is 18.0 Å². The van der Waals surface area contributed by atoms with Gasteiger partial charge in [0.05, 0.1) is 23.4 Å². The van der Waals surface area contributed by atoms with Crippen LogP contribution in [0.3, 0.4) is 0 Å². The number of rotatable bonds is 2. The number of fused-ring (bicyclic) bond motifs is 1. The number of amides is 1. The summed E-state index contributed by atoms with van der Waals surface area (Å²) in [5.41, 5.74) is 1.59. The molecule has 1 fully saturated rings. The Morgan fingerprint density at radius 3 is 2.70 bits per heavy atom. The molecule has 2 heterocycles. The molecule has 2 aromatic carbocycles. The number of hydrogen-bond donors (Lipinski definition) is 0. The number of hydrogen-bond acceptors (Lipinski definition) is 4. The zero-order chi connectivity index (χ0) is 19.0. The highest BCUT2D eigenvalue weighted by molar-refractivity contribution is 7.18. The Morgan fingerprint density at radius 2 is 1.96 bits per heavy atom. The molecule has 1 atom stereocenters. The lowest BCUT2D eigenvalue weighted by molar-refractivity contribution is -0.137. The van der Waals surface area contributed by atoms with Crippen LogP contribution in [0.5, 0.6) is 0 Å². The standard InChI is InChI=1S/C19H15F3N2O2S/c20-19(21,22)18-23-14-7-6-13(10-16(14)27-18)17(25)24-8-9-26-15(11-24)12-4-2-1-3-5-12/h1-7,10,15H,8-9,11H2/t15-/m1/s1. The highest BCUT2D eigenvalue weighted by Gasteiger charge is 2.35. The molecule has 1 aliphatic heterocycles. The van der Waals surface area contributed by atoms with Crippen molar-refractivity contribution in [1.82, 2.24) is 9.88 Å². The summed E-state index contributed by atoms with van der Waals surface area (Å²) in [6.07, 6.45) is -4.70. The largest absolute Gasteiger partial charge is 0.443 e. The quantitative estimate of drug-likeness (QED) is 0.644. The van der Waals surface area contributed by atoms with E-state index in [4.69, 9.17) is 4.74 Å². The highest BCUT2D eigenvalue weighted by Crippen LogP contribution is 2.35. The first-order chi connectivity index (χ1) is 12.9. The number of ether oxygens (including phenoxy) is 1. The number of benzene rings is 2. The molecule has 0 aliphatic carbocycles. The van der Waals surface area contributed by atoms with Gasteiger partial charge in [-0.15, -0.1) is 11.3 Å². The molecule has 27 heavy (non-hydrogen) atoms. The van der Waals surface area contributed by atoms with E-state index < -0.39 is 11.2 Å². The van der Waals surface area contributed by atoms with Crippen LogP contribution in [0.15, 0.2) is 48.5 Å². The van der Waals surface area contributed by atoms with Gasteiger partial charge in [-0.2, -0.15) is 13.2 Å². The van der Waals surface area contributed by atoms with Gasteiger partial charge in [0.1, 0.15) is 6.10 Å². The lowest BCUT2D eigenvalue weighted by atomic mass is 10.1. The van der Waals surface area contributed by atoms with E-state index in [0.29, 0.717) is 41.3 Å². The molecule has 0 N–H and O–H groups in total. The van der Waals surface area contributed by atoms with E-state index in [1.807, 2.05) is 30.3 Å². The first-order valence-corrected chi connectivity index (χ1v) is 9.17. The summed E-state index contributed by atoms with van der Waals surface area (Å²) in [6.45, 7) is 1.25. The van der Waals surface area contributed by atoms with Crippen LogP contribution in [0.2, 0.25) is 0 Å². The van der Waals surface area contributed by atoms with Crippen molar-refractivity contribution in [3.05, 3.63) is 64.7 Å². The van der Waals surface area contributed by atoms with Gasteiger partial charge in [-0.1, -0.05) is 30.3 Å². The van der Waals surface area contributed by atoms with Crippen molar-refractivity contribution in [3.8, 4) is 0 Å². The maximum atomic E-state index is 12.9. The molecular weight excluding hydrogens is 377 g/mol. The monoisotopic (exact) mass is 392 g/mol. The highest BCUT2D eigenvalue weighted by atomic mass is 32.1. The lowest BCUT2D eigenvalue weighted by Gasteiger charge is -2.33. The molecular formula is C19H15F3N2O2S. The van der Waals surface area contributed by atoms with Crippen LogP contribution in [-0.4, -0.2) is 35.5 Å². The minimum Gasteiger partial charge on any atom is -0.370 e. The van der Waals surface area contributed by atoms with Crippen LogP contribution in [0.4, 0.5) is 13.2 Å². The fourth-order valence-corrected chi connectivity index (χ4v) is 3.94. The number of morpholine rings is 1. The SMILES string of the molecule is O=C(c1ccc2nc(C(F)(F)F)sc2c1)N1CCO[C@@H](c2ccccc2)C1. The smallest absolute Gasteiger partial charge is 0.370 e. The Bertz CT molecular complexity index is 972. The molecule has 4 nitrogen and oxygen atoms in total. The topological polar surface area (TPSA) is 42.4 Å². The average molecular weight is 392 g/mol. The van der Waals surface area contributed by atoms with Gasteiger partial charge < -0.3 is 9.64 Å². The summed E-state index contributed by atoms with van der Waals surface area (Å²) in [7, 11) is 0. The number of halogens is 3. The minimum absolute atomic E-state index is 0.215. The second-order valence-corrected chi connectivity index (χ2v) is 7.25. The third-order valence-corrected chi connectivity index (χ3v) is 5.47. The first-order valence-electron chi connectivity index (χ1n) is 8.35. The van der Waals surface area contributed by atoms with E-state index in [0.717, 1.165) is 5.56 Å². The predicted molar refractivity (Wildman–Crippen MR) is 95.7 cm³/mol. The van der Waals surface area contributed by atoms with Gasteiger partial charge in [0.25, 0.3) is 5.91 Å². The van der Waals surface area contributed by atoms with Crippen LogP contribution >= 0.6 is 11.3 Å². The van der Waals surface area contributed by atoms with E-state index >= 15 is 0 Å². The first kappa shape index (κ1) is 17.9. The molecule has 8 heteroatoms. The average Bonchev–Trinajstić information content (AvgIpc) is 3.12. The van der Waals surface area contributed by atoms with Gasteiger partial charge in [0.2, 0.25) is 0 Å². The second kappa shape index (κ2) is 6.94. The maximum Gasteiger partial charge on any atom is 0.443 e. The molecule has 0 spiro atoms. The Labute approximate surface area is 157 Å². The number of carbonyl (C=O) groups excluding carboxylic acids is 1. The molecule has 0 unspecified atom stereocenters. The lowest BCUT2D eigenvalue weighted by Crippen LogP contribution is -2.42. The van der Waals surface area contributed by atoms with Crippen LogP contribution in [0.1, 0.15) is 27.0 Å². The van der Waals surface area contributed by atoms with Gasteiger partial charge in [-0.25, -0.2) is 4.98 Å². The van der Waals surface area contributed by atoms with Crippen molar-refractivity contribution >= 4 is 27.5 Å². The number of alkyl halides is 3. The molecule has 1 amide bonds. The van der Waals surface area contributed by atoms with Crippen LogP contribution in [0.25, 0.3) is 10.2 Å².